The van der Waals surface area contributed by atoms with Crippen molar-refractivity contribution in [3.63, 3.8) is 0 Å². The number of halogens is 2. The van der Waals surface area contributed by atoms with E-state index < -0.39 is 11.8 Å². The number of alkyl halides is 2. The third-order valence-corrected chi connectivity index (χ3v) is 4.92. The normalized spacial score (nSPS) is 14.3. The summed E-state index contributed by atoms with van der Waals surface area (Å²) < 4.78 is 36.2. The Hall–Kier alpha value is -2.77. The van der Waals surface area contributed by atoms with Crippen LogP contribution in [0.4, 0.5) is 14.5 Å². The fraction of sp³-hybridized carbons (Fsp3) is 0.476. The summed E-state index contributed by atoms with van der Waals surface area (Å²) in [5, 5.41) is 11.2. The van der Waals surface area contributed by atoms with E-state index in [9.17, 15) is 8.78 Å². The van der Waals surface area contributed by atoms with Gasteiger partial charge in [-0.25, -0.2) is 0 Å². The SMILES string of the molecule is CC(F)(F)c1nc(CCCCCNc2cccc(-c3cc(C4CC4)on3)c2)no1. The van der Waals surface area contributed by atoms with E-state index in [2.05, 4.69) is 31.2 Å². The van der Waals surface area contributed by atoms with Crippen LogP contribution in [-0.2, 0) is 12.3 Å². The van der Waals surface area contributed by atoms with Crippen molar-refractivity contribution >= 4 is 5.69 Å². The molecule has 0 saturated heterocycles. The molecule has 4 rings (SSSR count). The molecule has 2 aromatic heterocycles. The minimum atomic E-state index is -3.09. The zero-order valence-electron chi connectivity index (χ0n) is 16.3. The molecular formula is C21H24F2N4O2. The number of aromatic nitrogens is 3. The minimum absolute atomic E-state index is 0.334. The number of aryl methyl sites for hydroxylation is 1. The number of unbranched alkanes of at least 4 members (excludes halogenated alkanes) is 2. The van der Waals surface area contributed by atoms with Gasteiger partial charge in [-0.2, -0.15) is 13.8 Å². The van der Waals surface area contributed by atoms with Gasteiger partial charge in [0.25, 0.3) is 5.89 Å². The summed E-state index contributed by atoms with van der Waals surface area (Å²) in [4.78, 5) is 3.74. The van der Waals surface area contributed by atoms with Gasteiger partial charge in [0.2, 0.25) is 0 Å². The molecule has 1 aliphatic carbocycles. The van der Waals surface area contributed by atoms with Crippen LogP contribution in [-0.4, -0.2) is 21.8 Å². The summed E-state index contributed by atoms with van der Waals surface area (Å²) in [6, 6.07) is 10.2. The zero-order valence-corrected chi connectivity index (χ0v) is 16.3. The Morgan fingerprint density at radius 2 is 1.97 bits per heavy atom. The van der Waals surface area contributed by atoms with E-state index in [1.807, 2.05) is 24.3 Å². The minimum Gasteiger partial charge on any atom is -0.385 e. The van der Waals surface area contributed by atoms with E-state index in [0.717, 1.165) is 55.4 Å². The number of benzene rings is 1. The Kier molecular flexibility index (Phi) is 5.60. The van der Waals surface area contributed by atoms with Crippen LogP contribution in [0.1, 0.15) is 62.4 Å². The molecule has 1 aliphatic rings. The van der Waals surface area contributed by atoms with Gasteiger partial charge in [0.15, 0.2) is 5.82 Å². The molecule has 0 amide bonds. The van der Waals surface area contributed by atoms with Crippen molar-refractivity contribution in [1.29, 1.82) is 0 Å². The van der Waals surface area contributed by atoms with Crippen LogP contribution in [0, 0.1) is 0 Å². The van der Waals surface area contributed by atoms with Crippen LogP contribution in [0.25, 0.3) is 11.3 Å². The largest absolute Gasteiger partial charge is 0.385 e. The number of nitrogens with one attached hydrogen (secondary N) is 1. The fourth-order valence-corrected chi connectivity index (χ4v) is 3.13. The third-order valence-electron chi connectivity index (χ3n) is 4.92. The van der Waals surface area contributed by atoms with Crippen molar-refractivity contribution in [3.05, 3.63) is 47.8 Å². The van der Waals surface area contributed by atoms with Crippen LogP contribution in [0.3, 0.4) is 0 Å². The smallest absolute Gasteiger partial charge is 0.322 e. The zero-order chi connectivity index (χ0) is 20.3. The maximum atomic E-state index is 13.1. The fourth-order valence-electron chi connectivity index (χ4n) is 3.13. The van der Waals surface area contributed by atoms with Gasteiger partial charge in [-0.05, 0) is 37.8 Å². The Bertz CT molecular complexity index is 944. The van der Waals surface area contributed by atoms with E-state index in [0.29, 0.717) is 18.2 Å². The van der Waals surface area contributed by atoms with Gasteiger partial charge in [-0.1, -0.05) is 28.9 Å². The van der Waals surface area contributed by atoms with Gasteiger partial charge in [0, 0.05) is 43.1 Å². The lowest BCUT2D eigenvalue weighted by molar-refractivity contribution is -0.0158. The summed E-state index contributed by atoms with van der Waals surface area (Å²) in [6.45, 7) is 1.57. The first kappa shape index (κ1) is 19.5. The van der Waals surface area contributed by atoms with Gasteiger partial charge in [0.05, 0.1) is 0 Å². The highest BCUT2D eigenvalue weighted by Gasteiger charge is 2.32. The number of anilines is 1. The average molecular weight is 402 g/mol. The topological polar surface area (TPSA) is 77.0 Å². The summed E-state index contributed by atoms with van der Waals surface area (Å²) in [6.07, 6.45) is 5.62. The number of rotatable bonds is 10. The molecule has 2 heterocycles. The van der Waals surface area contributed by atoms with Crippen molar-refractivity contribution < 1.29 is 17.8 Å². The van der Waals surface area contributed by atoms with E-state index in [4.69, 9.17) is 4.52 Å². The summed E-state index contributed by atoms with van der Waals surface area (Å²) >= 11 is 0. The lowest BCUT2D eigenvalue weighted by Crippen LogP contribution is -2.07. The molecule has 3 aromatic rings. The maximum Gasteiger partial charge on any atom is 0.322 e. The molecule has 0 bridgehead atoms. The first-order valence-electron chi connectivity index (χ1n) is 10.0. The molecule has 0 radical (unpaired) electrons. The van der Waals surface area contributed by atoms with Crippen LogP contribution in [0.15, 0.2) is 39.4 Å². The summed E-state index contributed by atoms with van der Waals surface area (Å²) in [5.74, 6) is -1.84. The Labute approximate surface area is 167 Å². The molecule has 6 nitrogen and oxygen atoms in total. The Morgan fingerprint density at radius 1 is 1.10 bits per heavy atom. The third kappa shape index (κ3) is 5.19. The predicted octanol–water partition coefficient (Wildman–Crippen LogP) is 5.54. The van der Waals surface area contributed by atoms with Gasteiger partial charge in [-0.3, -0.25) is 0 Å². The standard InChI is InChI=1S/C21H24F2N4O2/c1-21(22,23)20-25-19(27-29-20)8-3-2-4-11-24-16-7-5-6-15(12-16)17-13-18(28-26-17)14-9-10-14/h5-7,12-14,24H,2-4,8-11H2,1H3. The lowest BCUT2D eigenvalue weighted by atomic mass is 10.1. The Balaban J connectivity index is 1.19. The molecule has 0 spiro atoms. The van der Waals surface area contributed by atoms with Crippen LogP contribution < -0.4 is 5.32 Å². The van der Waals surface area contributed by atoms with Gasteiger partial charge < -0.3 is 14.4 Å². The first-order valence-corrected chi connectivity index (χ1v) is 10.0. The first-order chi connectivity index (χ1) is 14.0. The number of hydrogen-bond donors (Lipinski definition) is 1. The van der Waals surface area contributed by atoms with E-state index >= 15 is 0 Å². The van der Waals surface area contributed by atoms with Crippen LogP contribution >= 0.6 is 0 Å². The van der Waals surface area contributed by atoms with Crippen molar-refractivity contribution in [2.75, 3.05) is 11.9 Å². The highest BCUT2D eigenvalue weighted by Crippen LogP contribution is 2.41. The summed E-state index contributed by atoms with van der Waals surface area (Å²) in [7, 11) is 0. The van der Waals surface area contributed by atoms with Crippen LogP contribution in [0.5, 0.6) is 0 Å². The number of hydrogen-bond acceptors (Lipinski definition) is 6. The molecule has 29 heavy (non-hydrogen) atoms. The molecule has 0 aliphatic heterocycles. The molecule has 1 N–H and O–H groups in total. The molecule has 154 valence electrons. The monoisotopic (exact) mass is 402 g/mol. The molecular weight excluding hydrogens is 378 g/mol. The average Bonchev–Trinajstić information content (AvgIpc) is 3.22. The molecule has 0 unspecified atom stereocenters. The van der Waals surface area contributed by atoms with E-state index in [-0.39, 0.29) is 0 Å². The van der Waals surface area contributed by atoms with Crippen LogP contribution in [0.2, 0.25) is 0 Å². The van der Waals surface area contributed by atoms with Gasteiger partial charge >= 0.3 is 5.92 Å². The molecule has 1 aromatic carbocycles. The maximum absolute atomic E-state index is 13.1. The second kappa shape index (κ2) is 8.31. The second-order valence-corrected chi connectivity index (χ2v) is 7.61. The highest BCUT2D eigenvalue weighted by atomic mass is 19.3. The lowest BCUT2D eigenvalue weighted by Gasteiger charge is -2.07. The molecule has 1 fully saturated rings. The predicted molar refractivity (Wildman–Crippen MR) is 104 cm³/mol. The molecule has 0 atom stereocenters. The van der Waals surface area contributed by atoms with Gasteiger partial charge in [0.1, 0.15) is 11.5 Å². The quantitative estimate of drug-likeness (QED) is 0.449. The summed E-state index contributed by atoms with van der Waals surface area (Å²) in [5.41, 5.74) is 2.94. The van der Waals surface area contributed by atoms with Crippen molar-refractivity contribution in [1.82, 2.24) is 15.3 Å². The highest BCUT2D eigenvalue weighted by molar-refractivity contribution is 5.65. The van der Waals surface area contributed by atoms with E-state index in [1.165, 1.54) is 12.8 Å². The van der Waals surface area contributed by atoms with Gasteiger partial charge in [-0.15, -0.1) is 0 Å². The number of nitrogens with zero attached hydrogens (tertiary/aromatic N) is 3. The van der Waals surface area contributed by atoms with E-state index in [1.54, 1.807) is 0 Å². The molecule has 8 heteroatoms. The van der Waals surface area contributed by atoms with Crippen molar-refractivity contribution in [2.45, 2.75) is 57.3 Å². The Morgan fingerprint density at radius 3 is 2.72 bits per heavy atom. The molecule has 1 saturated carbocycles. The second-order valence-electron chi connectivity index (χ2n) is 7.61. The van der Waals surface area contributed by atoms with Crippen molar-refractivity contribution in [3.8, 4) is 11.3 Å². The van der Waals surface area contributed by atoms with Crippen molar-refractivity contribution in [2.24, 2.45) is 0 Å².